The predicted octanol–water partition coefficient (Wildman–Crippen LogP) is 0.804. The van der Waals surface area contributed by atoms with E-state index in [1.165, 1.54) is 0 Å². The lowest BCUT2D eigenvalue weighted by Gasteiger charge is -2.19. The number of aryl methyl sites for hydroxylation is 1. The van der Waals surface area contributed by atoms with Crippen LogP contribution < -0.4 is 10.6 Å². The largest absolute Gasteiger partial charge is 0.353 e. The van der Waals surface area contributed by atoms with Gasteiger partial charge >= 0.3 is 0 Å². The van der Waals surface area contributed by atoms with E-state index in [9.17, 15) is 4.79 Å². The lowest BCUT2D eigenvalue weighted by atomic mass is 9.90. The van der Waals surface area contributed by atoms with Crippen LogP contribution in [-0.4, -0.2) is 34.8 Å². The highest BCUT2D eigenvalue weighted by Gasteiger charge is 2.34. The Labute approximate surface area is 114 Å². The third kappa shape index (κ3) is 3.23. The van der Waals surface area contributed by atoms with Gasteiger partial charge in [-0.2, -0.15) is 5.10 Å². The van der Waals surface area contributed by atoms with Crippen molar-refractivity contribution in [3.63, 3.8) is 0 Å². The van der Waals surface area contributed by atoms with Gasteiger partial charge in [0.05, 0.1) is 12.1 Å². The molecule has 1 aliphatic heterocycles. The molecule has 1 unspecified atom stereocenters. The van der Waals surface area contributed by atoms with Crippen molar-refractivity contribution >= 4 is 5.91 Å². The van der Waals surface area contributed by atoms with Crippen molar-refractivity contribution in [1.82, 2.24) is 20.4 Å². The predicted molar refractivity (Wildman–Crippen MR) is 74.7 cm³/mol. The Morgan fingerprint density at radius 2 is 2.53 bits per heavy atom. The highest BCUT2D eigenvalue weighted by Crippen LogP contribution is 2.27. The first kappa shape index (κ1) is 13.8. The summed E-state index contributed by atoms with van der Waals surface area (Å²) < 4.78 is 1.78. The number of nitrogens with one attached hydrogen (secondary N) is 2. The molecule has 1 aromatic rings. The van der Waals surface area contributed by atoms with E-state index in [-0.39, 0.29) is 23.8 Å². The third-order valence-electron chi connectivity index (χ3n) is 3.61. The van der Waals surface area contributed by atoms with Gasteiger partial charge in [0.15, 0.2) is 0 Å². The van der Waals surface area contributed by atoms with Gasteiger partial charge in [0.1, 0.15) is 0 Å². The maximum atomic E-state index is 12.3. The van der Waals surface area contributed by atoms with Gasteiger partial charge in [-0.3, -0.25) is 9.48 Å². The van der Waals surface area contributed by atoms with Crippen LogP contribution in [0.3, 0.4) is 0 Å². The van der Waals surface area contributed by atoms with Crippen LogP contribution in [-0.2, 0) is 11.8 Å². The van der Waals surface area contributed by atoms with Crippen LogP contribution in [0.5, 0.6) is 0 Å². The van der Waals surface area contributed by atoms with Crippen LogP contribution in [0.15, 0.2) is 25.0 Å². The normalized spacial score (nSPS) is 24.1. The molecule has 3 atom stereocenters. The summed E-state index contributed by atoms with van der Waals surface area (Å²) >= 11 is 0. The van der Waals surface area contributed by atoms with Crippen molar-refractivity contribution in [2.45, 2.75) is 25.3 Å². The number of aromatic nitrogens is 2. The second-order valence-corrected chi connectivity index (χ2v) is 5.25. The molecule has 0 aromatic carbocycles. The van der Waals surface area contributed by atoms with Crippen LogP contribution in [0, 0.1) is 5.92 Å². The zero-order chi connectivity index (χ0) is 13.8. The Hall–Kier alpha value is -1.62. The highest BCUT2D eigenvalue weighted by molar-refractivity contribution is 5.80. The molecule has 0 radical (unpaired) electrons. The summed E-state index contributed by atoms with van der Waals surface area (Å²) in [6, 6.07) is 0.139. The van der Waals surface area contributed by atoms with Crippen molar-refractivity contribution < 1.29 is 4.79 Å². The number of rotatable bonds is 5. The van der Waals surface area contributed by atoms with Gasteiger partial charge in [0.2, 0.25) is 5.91 Å². The first-order valence-corrected chi connectivity index (χ1v) is 6.72. The number of carbonyl (C=O) groups is 1. The van der Waals surface area contributed by atoms with E-state index < -0.39 is 0 Å². The molecular weight excluding hydrogens is 240 g/mol. The number of hydrogen-bond donors (Lipinski definition) is 2. The summed E-state index contributed by atoms with van der Waals surface area (Å²) in [6.07, 6.45) is 6.47. The van der Waals surface area contributed by atoms with Crippen molar-refractivity contribution in [3.05, 3.63) is 30.6 Å². The molecular formula is C14H22N4O. The van der Waals surface area contributed by atoms with E-state index in [4.69, 9.17) is 0 Å². The van der Waals surface area contributed by atoms with Gasteiger partial charge in [0.25, 0.3) is 0 Å². The molecule has 2 heterocycles. The second-order valence-electron chi connectivity index (χ2n) is 5.25. The van der Waals surface area contributed by atoms with Crippen molar-refractivity contribution in [1.29, 1.82) is 0 Å². The van der Waals surface area contributed by atoms with Gasteiger partial charge in [-0.1, -0.05) is 6.08 Å². The van der Waals surface area contributed by atoms with Gasteiger partial charge < -0.3 is 10.6 Å². The fraction of sp³-hybridized carbons (Fsp3) is 0.571. The van der Waals surface area contributed by atoms with Crippen LogP contribution in [0.4, 0.5) is 0 Å². The molecule has 0 saturated carbocycles. The van der Waals surface area contributed by atoms with Crippen LogP contribution in [0.2, 0.25) is 0 Å². The monoisotopic (exact) mass is 262 g/mol. The van der Waals surface area contributed by atoms with E-state index in [0.717, 1.165) is 25.1 Å². The van der Waals surface area contributed by atoms with Crippen LogP contribution >= 0.6 is 0 Å². The Morgan fingerprint density at radius 1 is 1.74 bits per heavy atom. The third-order valence-corrected chi connectivity index (χ3v) is 3.61. The van der Waals surface area contributed by atoms with Crippen LogP contribution in [0.1, 0.15) is 24.8 Å². The second kappa shape index (κ2) is 6.02. The average molecular weight is 262 g/mol. The fourth-order valence-electron chi connectivity index (χ4n) is 2.59. The summed E-state index contributed by atoms with van der Waals surface area (Å²) in [4.78, 5) is 12.3. The molecule has 1 aromatic heterocycles. The summed E-state index contributed by atoms with van der Waals surface area (Å²) in [5.41, 5.74) is 1.13. The molecule has 5 heteroatoms. The Balaban J connectivity index is 2.02. The van der Waals surface area contributed by atoms with E-state index >= 15 is 0 Å². The summed E-state index contributed by atoms with van der Waals surface area (Å²) in [6.45, 7) is 7.26. The zero-order valence-electron chi connectivity index (χ0n) is 11.6. The Kier molecular flexibility index (Phi) is 4.37. The minimum absolute atomic E-state index is 0.0172. The minimum Gasteiger partial charge on any atom is -0.353 e. The number of hydrogen-bond acceptors (Lipinski definition) is 3. The molecule has 1 fully saturated rings. The molecule has 104 valence electrons. The number of carbonyl (C=O) groups excluding carboxylic acids is 1. The Bertz CT molecular complexity index is 454. The van der Waals surface area contributed by atoms with Crippen molar-refractivity contribution in [2.24, 2.45) is 13.0 Å². The first-order chi connectivity index (χ1) is 9.11. The van der Waals surface area contributed by atoms with Crippen molar-refractivity contribution in [3.8, 4) is 0 Å². The van der Waals surface area contributed by atoms with E-state index in [0.29, 0.717) is 0 Å². The quantitative estimate of drug-likeness (QED) is 0.772. The molecule has 2 N–H and O–H groups in total. The minimum atomic E-state index is -0.0172. The lowest BCUT2D eigenvalue weighted by Crippen LogP contribution is -2.39. The molecule has 0 spiro atoms. The fourth-order valence-corrected chi connectivity index (χ4v) is 2.59. The van der Waals surface area contributed by atoms with Crippen LogP contribution in [0.25, 0.3) is 0 Å². The lowest BCUT2D eigenvalue weighted by molar-refractivity contribution is -0.125. The number of nitrogens with zero attached hydrogens (tertiary/aromatic N) is 2. The maximum absolute atomic E-state index is 12.3. The smallest absolute Gasteiger partial charge is 0.225 e. The van der Waals surface area contributed by atoms with Crippen molar-refractivity contribution in [2.75, 3.05) is 13.1 Å². The average Bonchev–Trinajstić information content (AvgIpc) is 2.96. The summed E-state index contributed by atoms with van der Waals surface area (Å²) in [5.74, 6) is 0.314. The molecule has 0 bridgehead atoms. The molecule has 2 rings (SSSR count). The molecule has 19 heavy (non-hydrogen) atoms. The SMILES string of the molecule is C=CCC(C)NC(=O)[C@H]1CNC[C@@H]1c1cnn(C)c1. The first-order valence-electron chi connectivity index (χ1n) is 6.72. The molecule has 5 nitrogen and oxygen atoms in total. The molecule has 1 saturated heterocycles. The van der Waals surface area contributed by atoms with E-state index in [1.807, 2.05) is 32.4 Å². The highest BCUT2D eigenvalue weighted by atomic mass is 16.2. The maximum Gasteiger partial charge on any atom is 0.225 e. The van der Waals surface area contributed by atoms with E-state index in [2.05, 4.69) is 22.3 Å². The van der Waals surface area contributed by atoms with Gasteiger partial charge in [-0.25, -0.2) is 0 Å². The molecule has 0 aliphatic carbocycles. The zero-order valence-corrected chi connectivity index (χ0v) is 11.6. The summed E-state index contributed by atoms with van der Waals surface area (Å²) in [7, 11) is 1.90. The van der Waals surface area contributed by atoms with Gasteiger partial charge in [-0.05, 0) is 18.9 Å². The molecule has 1 aliphatic rings. The van der Waals surface area contributed by atoms with Gasteiger partial charge in [0, 0.05) is 38.3 Å². The topological polar surface area (TPSA) is 59.0 Å². The van der Waals surface area contributed by atoms with Gasteiger partial charge in [-0.15, -0.1) is 6.58 Å². The number of amides is 1. The standard InChI is InChI=1S/C14H22N4O/c1-4-5-10(2)17-14(19)13-8-15-7-12(13)11-6-16-18(3)9-11/h4,6,9-10,12-13,15H,1,5,7-8H2,2-3H3,(H,17,19)/t10?,12-,13+/m1/s1. The Morgan fingerprint density at radius 3 is 3.16 bits per heavy atom. The molecule has 1 amide bonds. The van der Waals surface area contributed by atoms with E-state index in [1.54, 1.807) is 4.68 Å². The summed E-state index contributed by atoms with van der Waals surface area (Å²) in [5, 5.41) is 10.5.